The molecule has 0 saturated heterocycles. The van der Waals surface area contributed by atoms with E-state index in [9.17, 15) is 4.79 Å². The van der Waals surface area contributed by atoms with Crippen molar-refractivity contribution in [1.82, 2.24) is 0 Å². The van der Waals surface area contributed by atoms with E-state index >= 15 is 0 Å². The molecule has 0 amide bonds. The molecule has 1 rings (SSSR count). The molecule has 112 valence electrons. The fraction of sp³-hybridized carbons (Fsp3) is 0.941. The molecule has 2 nitrogen and oxygen atoms in total. The van der Waals surface area contributed by atoms with Crippen LogP contribution in [0.3, 0.4) is 0 Å². The van der Waals surface area contributed by atoms with Gasteiger partial charge in [-0.25, -0.2) is 0 Å². The number of unbranched alkanes of at least 4 members (excludes halogenated alkanes) is 7. The fourth-order valence-corrected chi connectivity index (χ4v) is 2.44. The number of carbonyl (C=O) groups excluding carboxylic acids is 1. The molecule has 2 heteroatoms. The third kappa shape index (κ3) is 11.0. The first-order valence-corrected chi connectivity index (χ1v) is 8.48. The number of carbonyl (C=O) groups is 1. The van der Waals surface area contributed by atoms with Gasteiger partial charge in [0.25, 0.3) is 0 Å². The smallest absolute Gasteiger partial charge is 0.305 e. The quantitative estimate of drug-likeness (QED) is 0.337. The van der Waals surface area contributed by atoms with Crippen molar-refractivity contribution in [3.8, 4) is 0 Å². The molecule has 0 spiro atoms. The summed E-state index contributed by atoms with van der Waals surface area (Å²) in [5, 5.41) is 0. The predicted molar refractivity (Wildman–Crippen MR) is 80.1 cm³/mol. The number of esters is 1. The molecule has 1 saturated carbocycles. The molecule has 1 aliphatic rings. The molecule has 0 aromatic carbocycles. The van der Waals surface area contributed by atoms with Crippen LogP contribution in [0.15, 0.2) is 0 Å². The highest BCUT2D eigenvalue weighted by Gasteiger charge is 2.20. The summed E-state index contributed by atoms with van der Waals surface area (Å²) in [5.74, 6) is 0.966. The molecule has 0 heterocycles. The Bertz CT molecular complexity index is 221. The average molecular weight is 268 g/mol. The SMILES string of the molecule is CCCCCCCCCCC(=O)OCCCC1CC1. The van der Waals surface area contributed by atoms with E-state index in [2.05, 4.69) is 6.92 Å². The van der Waals surface area contributed by atoms with Gasteiger partial charge in [0.2, 0.25) is 0 Å². The van der Waals surface area contributed by atoms with Crippen molar-refractivity contribution in [2.75, 3.05) is 6.61 Å². The van der Waals surface area contributed by atoms with Gasteiger partial charge in [-0.15, -0.1) is 0 Å². The minimum absolute atomic E-state index is 0.0155. The first-order valence-electron chi connectivity index (χ1n) is 8.48. The molecule has 0 atom stereocenters. The third-order valence-corrected chi connectivity index (χ3v) is 3.95. The zero-order chi connectivity index (χ0) is 13.8. The van der Waals surface area contributed by atoms with Crippen LogP contribution in [0.1, 0.15) is 90.4 Å². The zero-order valence-corrected chi connectivity index (χ0v) is 12.8. The van der Waals surface area contributed by atoms with E-state index in [0.717, 1.165) is 18.8 Å². The van der Waals surface area contributed by atoms with Crippen LogP contribution in [0.25, 0.3) is 0 Å². The van der Waals surface area contributed by atoms with Gasteiger partial charge in [-0.3, -0.25) is 4.79 Å². The summed E-state index contributed by atoms with van der Waals surface area (Å²) in [5.41, 5.74) is 0. The van der Waals surface area contributed by atoms with Crippen molar-refractivity contribution < 1.29 is 9.53 Å². The molecule has 0 aromatic heterocycles. The van der Waals surface area contributed by atoms with Crippen LogP contribution in [-0.4, -0.2) is 12.6 Å². The van der Waals surface area contributed by atoms with Crippen LogP contribution < -0.4 is 0 Å². The Morgan fingerprint density at radius 3 is 2.21 bits per heavy atom. The van der Waals surface area contributed by atoms with Crippen molar-refractivity contribution in [2.45, 2.75) is 90.4 Å². The second-order valence-corrected chi connectivity index (χ2v) is 6.03. The van der Waals surface area contributed by atoms with Crippen LogP contribution in [0.5, 0.6) is 0 Å². The van der Waals surface area contributed by atoms with E-state index in [0.29, 0.717) is 13.0 Å². The summed E-state index contributed by atoms with van der Waals surface area (Å²) in [4.78, 5) is 11.5. The molecule has 1 fully saturated rings. The molecule has 1 aliphatic carbocycles. The highest BCUT2D eigenvalue weighted by atomic mass is 16.5. The summed E-state index contributed by atoms with van der Waals surface area (Å²) >= 11 is 0. The minimum Gasteiger partial charge on any atom is -0.466 e. The molecule has 0 N–H and O–H groups in total. The summed E-state index contributed by atoms with van der Waals surface area (Å²) in [6, 6.07) is 0. The highest BCUT2D eigenvalue weighted by Crippen LogP contribution is 2.33. The van der Waals surface area contributed by atoms with Crippen molar-refractivity contribution in [3.63, 3.8) is 0 Å². The Labute approximate surface area is 119 Å². The van der Waals surface area contributed by atoms with E-state index in [1.54, 1.807) is 0 Å². The molecular weight excluding hydrogens is 236 g/mol. The van der Waals surface area contributed by atoms with E-state index < -0.39 is 0 Å². The molecule has 0 aliphatic heterocycles. The standard InChI is InChI=1S/C17H32O2/c1-2-3-4-5-6-7-8-9-12-17(18)19-15-10-11-16-13-14-16/h16H,2-15H2,1H3. The first-order chi connectivity index (χ1) is 9.33. The lowest BCUT2D eigenvalue weighted by molar-refractivity contribution is -0.143. The summed E-state index contributed by atoms with van der Waals surface area (Å²) in [6.45, 7) is 2.89. The molecule has 0 aromatic rings. The predicted octanol–water partition coefficient (Wildman–Crippen LogP) is 5.25. The highest BCUT2D eigenvalue weighted by molar-refractivity contribution is 5.69. The van der Waals surface area contributed by atoms with Gasteiger partial charge in [0, 0.05) is 6.42 Å². The van der Waals surface area contributed by atoms with Gasteiger partial charge in [-0.2, -0.15) is 0 Å². The molecular formula is C17H32O2. The monoisotopic (exact) mass is 268 g/mol. The largest absolute Gasteiger partial charge is 0.466 e. The maximum atomic E-state index is 11.5. The van der Waals surface area contributed by atoms with Crippen molar-refractivity contribution in [1.29, 1.82) is 0 Å². The van der Waals surface area contributed by atoms with Gasteiger partial charge >= 0.3 is 5.97 Å². The normalized spacial score (nSPS) is 14.6. The lowest BCUT2D eigenvalue weighted by Gasteiger charge is -2.04. The first kappa shape index (κ1) is 16.5. The summed E-state index contributed by atoms with van der Waals surface area (Å²) in [6.07, 6.45) is 15.9. The van der Waals surface area contributed by atoms with Crippen LogP contribution >= 0.6 is 0 Å². The topological polar surface area (TPSA) is 26.3 Å². The van der Waals surface area contributed by atoms with Gasteiger partial charge in [0.05, 0.1) is 6.61 Å². The Morgan fingerprint density at radius 2 is 1.58 bits per heavy atom. The van der Waals surface area contributed by atoms with Crippen molar-refractivity contribution in [3.05, 3.63) is 0 Å². The Morgan fingerprint density at radius 1 is 0.947 bits per heavy atom. The van der Waals surface area contributed by atoms with E-state index in [4.69, 9.17) is 4.74 Å². The Hall–Kier alpha value is -0.530. The lowest BCUT2D eigenvalue weighted by atomic mass is 10.1. The molecule has 0 unspecified atom stereocenters. The average Bonchev–Trinajstić information content (AvgIpc) is 3.22. The van der Waals surface area contributed by atoms with Crippen molar-refractivity contribution >= 4 is 5.97 Å². The second-order valence-electron chi connectivity index (χ2n) is 6.03. The van der Waals surface area contributed by atoms with Gasteiger partial charge in [-0.05, 0) is 25.2 Å². The summed E-state index contributed by atoms with van der Waals surface area (Å²) in [7, 11) is 0. The Kier molecular flexibility index (Phi) is 9.84. The Balaban J connectivity index is 1.73. The summed E-state index contributed by atoms with van der Waals surface area (Å²) < 4.78 is 5.24. The van der Waals surface area contributed by atoms with E-state index in [1.165, 1.54) is 64.2 Å². The maximum absolute atomic E-state index is 11.5. The van der Waals surface area contributed by atoms with Crippen LogP contribution in [-0.2, 0) is 9.53 Å². The molecule has 19 heavy (non-hydrogen) atoms. The van der Waals surface area contributed by atoms with Gasteiger partial charge in [-0.1, -0.05) is 64.7 Å². The van der Waals surface area contributed by atoms with Crippen LogP contribution in [0, 0.1) is 5.92 Å². The zero-order valence-electron chi connectivity index (χ0n) is 12.8. The number of ether oxygens (including phenoxy) is 1. The number of hydrogen-bond acceptors (Lipinski definition) is 2. The third-order valence-electron chi connectivity index (χ3n) is 3.95. The molecule has 0 bridgehead atoms. The second kappa shape index (κ2) is 11.3. The van der Waals surface area contributed by atoms with Crippen LogP contribution in [0.4, 0.5) is 0 Å². The van der Waals surface area contributed by atoms with Crippen LogP contribution in [0.2, 0.25) is 0 Å². The lowest BCUT2D eigenvalue weighted by Crippen LogP contribution is -2.05. The fourth-order valence-electron chi connectivity index (χ4n) is 2.44. The van der Waals surface area contributed by atoms with E-state index in [1.807, 2.05) is 0 Å². The van der Waals surface area contributed by atoms with Crippen molar-refractivity contribution in [2.24, 2.45) is 5.92 Å². The minimum atomic E-state index is 0.0155. The number of hydrogen-bond donors (Lipinski definition) is 0. The van der Waals surface area contributed by atoms with Gasteiger partial charge in [0.1, 0.15) is 0 Å². The molecule has 0 radical (unpaired) electrons. The van der Waals surface area contributed by atoms with Gasteiger partial charge in [0.15, 0.2) is 0 Å². The number of rotatable bonds is 13. The van der Waals surface area contributed by atoms with Gasteiger partial charge < -0.3 is 4.74 Å². The maximum Gasteiger partial charge on any atom is 0.305 e. The van der Waals surface area contributed by atoms with E-state index in [-0.39, 0.29) is 5.97 Å².